The lowest BCUT2D eigenvalue weighted by atomic mass is 9.99. The molecule has 0 unspecified atom stereocenters. The Morgan fingerprint density at radius 1 is 0.312 bits per heavy atom. The maximum absolute atomic E-state index is 6.81. The minimum Gasteiger partial charge on any atom is -0.455 e. The van der Waals surface area contributed by atoms with Crippen molar-refractivity contribution in [1.29, 1.82) is 0 Å². The van der Waals surface area contributed by atoms with Crippen LogP contribution in [0.3, 0.4) is 0 Å². The molecule has 0 bridgehead atoms. The molecule has 0 N–H and O–H groups in total. The summed E-state index contributed by atoms with van der Waals surface area (Å²) in [6, 6.07) is 80.3. The Hall–Kier alpha value is -8.18. The maximum Gasteiger partial charge on any atom is 0.143 e. The van der Waals surface area contributed by atoms with Gasteiger partial charge in [-0.1, -0.05) is 170 Å². The Kier molecular flexibility index (Phi) is 8.40. The molecule has 0 aliphatic heterocycles. The Labute approximate surface area is 373 Å². The summed E-state index contributed by atoms with van der Waals surface area (Å²) in [7, 11) is 0. The van der Waals surface area contributed by atoms with Crippen LogP contribution in [0.2, 0.25) is 0 Å². The SMILES string of the molecule is c1ccc(-c2cccc(N(c3cccc(-c4ccccc4)c3)c3cccc4c3sc3cc(-c5ccc6c(c5)oc5c(-c7cccc8c7oc7ccccc78)cccc56)ccc34)c2)cc1. The molecule has 3 heterocycles. The molecule has 64 heavy (non-hydrogen) atoms. The molecule has 0 fully saturated rings. The first kappa shape index (κ1) is 36.5. The highest BCUT2D eigenvalue weighted by atomic mass is 32.1. The highest BCUT2D eigenvalue weighted by molar-refractivity contribution is 7.26. The number of rotatable bonds is 7. The first-order chi connectivity index (χ1) is 31.7. The molecule has 300 valence electrons. The van der Waals surface area contributed by atoms with Crippen LogP contribution in [0, 0.1) is 0 Å². The predicted molar refractivity (Wildman–Crippen MR) is 270 cm³/mol. The van der Waals surface area contributed by atoms with Crippen LogP contribution in [0.1, 0.15) is 0 Å². The van der Waals surface area contributed by atoms with E-state index in [0.29, 0.717) is 0 Å². The highest BCUT2D eigenvalue weighted by Gasteiger charge is 2.21. The summed E-state index contributed by atoms with van der Waals surface area (Å²) in [5.41, 5.74) is 15.9. The van der Waals surface area contributed by atoms with Crippen LogP contribution < -0.4 is 4.90 Å². The molecule has 0 amide bonds. The van der Waals surface area contributed by atoms with E-state index in [2.05, 4.69) is 217 Å². The second-order valence-corrected chi connectivity index (χ2v) is 17.5. The summed E-state index contributed by atoms with van der Waals surface area (Å²) in [5, 5.41) is 6.90. The summed E-state index contributed by atoms with van der Waals surface area (Å²) in [6.07, 6.45) is 0. The van der Waals surface area contributed by atoms with Crippen molar-refractivity contribution in [3.63, 3.8) is 0 Å². The van der Waals surface area contributed by atoms with Crippen LogP contribution in [0.15, 0.2) is 233 Å². The van der Waals surface area contributed by atoms with E-state index in [0.717, 1.165) is 83.2 Å². The Balaban J connectivity index is 0.928. The fourth-order valence-corrected chi connectivity index (χ4v) is 10.9. The lowest BCUT2D eigenvalue weighted by molar-refractivity contribution is 0.665. The molecular formula is C60H37NO2S. The zero-order valence-corrected chi connectivity index (χ0v) is 35.4. The van der Waals surface area contributed by atoms with Crippen molar-refractivity contribution in [3.8, 4) is 44.5 Å². The summed E-state index contributed by atoms with van der Waals surface area (Å²) in [6.45, 7) is 0. The van der Waals surface area contributed by atoms with E-state index < -0.39 is 0 Å². The lowest BCUT2D eigenvalue weighted by Gasteiger charge is -2.27. The third kappa shape index (κ3) is 5.95. The second kappa shape index (κ2) is 14.7. The average molecular weight is 836 g/mol. The smallest absolute Gasteiger partial charge is 0.143 e. The van der Waals surface area contributed by atoms with E-state index in [4.69, 9.17) is 8.83 Å². The van der Waals surface area contributed by atoms with Gasteiger partial charge in [-0.25, -0.2) is 0 Å². The topological polar surface area (TPSA) is 29.5 Å². The van der Waals surface area contributed by atoms with Crippen molar-refractivity contribution in [2.24, 2.45) is 0 Å². The van der Waals surface area contributed by atoms with Gasteiger partial charge >= 0.3 is 0 Å². The average Bonchev–Trinajstić information content (AvgIpc) is 4.06. The highest BCUT2D eigenvalue weighted by Crippen LogP contribution is 2.47. The Bertz CT molecular complexity index is 3830. The molecule has 4 heteroatoms. The maximum atomic E-state index is 6.81. The first-order valence-corrected chi connectivity index (χ1v) is 22.5. The van der Waals surface area contributed by atoms with Gasteiger partial charge in [0.1, 0.15) is 22.3 Å². The standard InChI is InChI=1S/C60H37NO2S/c1-3-14-38(15-4-1)40-18-9-20-44(34-40)61(45-21-10-19-41(35-45)39-16-5-2-6-17-39)54-28-13-27-53-48-33-31-43(37-57(48)64-60(53)54)42-30-32-47-50-24-12-26-52(59(50)63-56(47)36-42)51-25-11-23-49-46-22-7-8-29-55(46)62-58(49)51/h1-37H. The van der Waals surface area contributed by atoms with E-state index in [1.165, 1.54) is 42.4 Å². The molecular weight excluding hydrogens is 799 g/mol. The number of nitrogens with zero attached hydrogens (tertiary/aromatic N) is 1. The Morgan fingerprint density at radius 2 is 0.797 bits per heavy atom. The van der Waals surface area contributed by atoms with Crippen LogP contribution in [0.5, 0.6) is 0 Å². The van der Waals surface area contributed by atoms with Crippen molar-refractivity contribution >= 4 is 92.4 Å². The van der Waals surface area contributed by atoms with E-state index in [1.807, 2.05) is 23.5 Å². The molecule has 0 spiro atoms. The van der Waals surface area contributed by atoms with E-state index in [-0.39, 0.29) is 0 Å². The zero-order chi connectivity index (χ0) is 42.1. The third-order valence-corrected chi connectivity index (χ3v) is 13.9. The number of furan rings is 2. The van der Waals surface area contributed by atoms with Crippen LogP contribution in [0.4, 0.5) is 17.1 Å². The predicted octanol–water partition coefficient (Wildman–Crippen LogP) is 18.0. The largest absolute Gasteiger partial charge is 0.455 e. The number of anilines is 3. The monoisotopic (exact) mass is 835 g/mol. The third-order valence-electron chi connectivity index (χ3n) is 12.7. The molecule has 13 rings (SSSR count). The molecule has 0 atom stereocenters. The fraction of sp³-hybridized carbons (Fsp3) is 0. The summed E-state index contributed by atoms with van der Waals surface area (Å²) in [4.78, 5) is 2.43. The van der Waals surface area contributed by atoms with E-state index in [1.54, 1.807) is 0 Å². The molecule has 10 aromatic carbocycles. The summed E-state index contributed by atoms with van der Waals surface area (Å²) < 4.78 is 15.8. The van der Waals surface area contributed by atoms with Gasteiger partial charge in [-0.3, -0.25) is 0 Å². The second-order valence-electron chi connectivity index (χ2n) is 16.4. The minimum absolute atomic E-state index is 0.863. The quantitative estimate of drug-likeness (QED) is 0.160. The van der Waals surface area contributed by atoms with Crippen molar-refractivity contribution < 1.29 is 8.83 Å². The number of fused-ring (bicyclic) bond motifs is 9. The number of thiophene rings is 1. The van der Waals surface area contributed by atoms with Gasteiger partial charge in [-0.15, -0.1) is 11.3 Å². The van der Waals surface area contributed by atoms with Gasteiger partial charge in [-0.2, -0.15) is 0 Å². The molecule has 0 aliphatic rings. The fourth-order valence-electron chi connectivity index (χ4n) is 9.63. The molecule has 3 aromatic heterocycles. The van der Waals surface area contributed by atoms with Crippen molar-refractivity contribution in [3.05, 3.63) is 224 Å². The van der Waals surface area contributed by atoms with Crippen molar-refractivity contribution in [1.82, 2.24) is 0 Å². The number of hydrogen-bond donors (Lipinski definition) is 0. The van der Waals surface area contributed by atoms with E-state index >= 15 is 0 Å². The number of benzene rings is 10. The van der Waals surface area contributed by atoms with Gasteiger partial charge in [0, 0.05) is 59.5 Å². The van der Waals surface area contributed by atoms with Crippen LogP contribution >= 0.6 is 11.3 Å². The molecule has 0 aliphatic carbocycles. The minimum atomic E-state index is 0.863. The van der Waals surface area contributed by atoms with Crippen molar-refractivity contribution in [2.45, 2.75) is 0 Å². The van der Waals surface area contributed by atoms with Crippen LogP contribution in [-0.4, -0.2) is 0 Å². The normalized spacial score (nSPS) is 11.8. The number of hydrogen-bond acceptors (Lipinski definition) is 4. The van der Waals surface area contributed by atoms with Gasteiger partial charge in [0.2, 0.25) is 0 Å². The molecule has 3 nitrogen and oxygen atoms in total. The zero-order valence-electron chi connectivity index (χ0n) is 34.5. The Morgan fingerprint density at radius 3 is 1.47 bits per heavy atom. The molecule has 13 aromatic rings. The van der Waals surface area contributed by atoms with E-state index in [9.17, 15) is 0 Å². The van der Waals surface area contributed by atoms with Gasteiger partial charge in [0.15, 0.2) is 0 Å². The first-order valence-electron chi connectivity index (χ1n) is 21.6. The van der Waals surface area contributed by atoms with Crippen molar-refractivity contribution in [2.75, 3.05) is 4.90 Å². The molecule has 0 saturated heterocycles. The van der Waals surface area contributed by atoms with Gasteiger partial charge in [0.05, 0.1) is 10.4 Å². The number of para-hydroxylation sites is 3. The van der Waals surface area contributed by atoms with Gasteiger partial charge in [-0.05, 0) is 88.0 Å². The summed E-state index contributed by atoms with van der Waals surface area (Å²) in [5.74, 6) is 0. The van der Waals surface area contributed by atoms with Gasteiger partial charge < -0.3 is 13.7 Å². The summed E-state index contributed by atoms with van der Waals surface area (Å²) >= 11 is 1.85. The lowest BCUT2D eigenvalue weighted by Crippen LogP contribution is -2.10. The van der Waals surface area contributed by atoms with Crippen LogP contribution in [-0.2, 0) is 0 Å². The molecule has 0 saturated carbocycles. The van der Waals surface area contributed by atoms with Crippen LogP contribution in [0.25, 0.3) is 109 Å². The van der Waals surface area contributed by atoms with Gasteiger partial charge in [0.25, 0.3) is 0 Å². The molecule has 0 radical (unpaired) electrons.